The molecule has 0 radical (unpaired) electrons. The van der Waals surface area contributed by atoms with Crippen LogP contribution in [0.4, 0.5) is 0 Å². The Bertz CT molecular complexity index is 587. The van der Waals surface area contributed by atoms with Gasteiger partial charge in [-0.05, 0) is 19.9 Å². The zero-order valence-electron chi connectivity index (χ0n) is 12.0. The van der Waals surface area contributed by atoms with E-state index in [4.69, 9.17) is 4.74 Å². The Morgan fingerprint density at radius 3 is 2.85 bits per heavy atom. The summed E-state index contributed by atoms with van der Waals surface area (Å²) in [5.74, 6) is -0.205. The van der Waals surface area contributed by atoms with Crippen molar-refractivity contribution in [1.29, 1.82) is 0 Å². The fourth-order valence-electron chi connectivity index (χ4n) is 1.85. The van der Waals surface area contributed by atoms with E-state index in [-0.39, 0.29) is 5.91 Å². The van der Waals surface area contributed by atoms with Crippen LogP contribution in [0.5, 0.6) is 0 Å². The zero-order valence-corrected chi connectivity index (χ0v) is 12.0. The van der Waals surface area contributed by atoms with Crippen molar-refractivity contribution < 1.29 is 9.53 Å². The number of amides is 1. The summed E-state index contributed by atoms with van der Waals surface area (Å²) in [5, 5.41) is 11.3. The summed E-state index contributed by atoms with van der Waals surface area (Å²) in [6.07, 6.45) is 3.65. The maximum absolute atomic E-state index is 12.0. The molecule has 1 amide bonds. The van der Waals surface area contributed by atoms with Gasteiger partial charge in [-0.25, -0.2) is 4.68 Å². The second-order valence-electron chi connectivity index (χ2n) is 4.44. The summed E-state index contributed by atoms with van der Waals surface area (Å²) in [5.41, 5.74) is 2.32. The predicted octanol–water partition coefficient (Wildman–Crippen LogP) is 0.942. The summed E-state index contributed by atoms with van der Waals surface area (Å²) >= 11 is 0. The minimum Gasteiger partial charge on any atom is -0.362 e. The first-order valence-corrected chi connectivity index (χ1v) is 6.47. The Morgan fingerprint density at radius 1 is 1.40 bits per heavy atom. The van der Waals surface area contributed by atoms with Crippen molar-refractivity contribution in [3.8, 4) is 0 Å². The van der Waals surface area contributed by atoms with Crippen molar-refractivity contribution in [3.63, 3.8) is 0 Å². The number of hydrogen-bond acceptors (Lipinski definition) is 4. The van der Waals surface area contributed by atoms with Crippen LogP contribution in [0.15, 0.2) is 18.5 Å². The van der Waals surface area contributed by atoms with Crippen LogP contribution in [0.3, 0.4) is 0 Å². The van der Waals surface area contributed by atoms with Gasteiger partial charge < -0.3 is 10.1 Å². The second-order valence-corrected chi connectivity index (χ2v) is 4.44. The van der Waals surface area contributed by atoms with Gasteiger partial charge in [-0.2, -0.15) is 10.2 Å². The molecule has 0 spiro atoms. The zero-order chi connectivity index (χ0) is 14.5. The van der Waals surface area contributed by atoms with Gasteiger partial charge in [-0.1, -0.05) is 0 Å². The maximum atomic E-state index is 12.0. The van der Waals surface area contributed by atoms with E-state index in [2.05, 4.69) is 15.5 Å². The molecular weight excluding hydrogens is 258 g/mol. The second kappa shape index (κ2) is 6.33. The van der Waals surface area contributed by atoms with Gasteiger partial charge in [0.15, 0.2) is 0 Å². The van der Waals surface area contributed by atoms with E-state index in [0.717, 1.165) is 17.8 Å². The highest BCUT2D eigenvalue weighted by Crippen LogP contribution is 2.05. The van der Waals surface area contributed by atoms with Gasteiger partial charge >= 0.3 is 0 Å². The molecule has 0 aromatic carbocycles. The lowest BCUT2D eigenvalue weighted by Crippen LogP contribution is -2.23. The number of hydrogen-bond donors (Lipinski definition) is 1. The molecule has 0 aliphatic carbocycles. The van der Waals surface area contributed by atoms with Crippen molar-refractivity contribution in [3.05, 3.63) is 35.4 Å². The third-order valence-electron chi connectivity index (χ3n) is 2.95. The van der Waals surface area contributed by atoms with Crippen LogP contribution >= 0.6 is 0 Å². The van der Waals surface area contributed by atoms with Gasteiger partial charge in [0.2, 0.25) is 0 Å². The molecule has 20 heavy (non-hydrogen) atoms. The van der Waals surface area contributed by atoms with Crippen LogP contribution in [-0.4, -0.2) is 32.6 Å². The van der Waals surface area contributed by atoms with E-state index >= 15 is 0 Å². The average Bonchev–Trinajstić information content (AvgIpc) is 3.03. The topological polar surface area (TPSA) is 74.0 Å². The van der Waals surface area contributed by atoms with Crippen molar-refractivity contribution in [1.82, 2.24) is 24.9 Å². The largest absolute Gasteiger partial charge is 0.362 e. The molecule has 0 saturated carbocycles. The van der Waals surface area contributed by atoms with E-state index in [1.807, 2.05) is 24.7 Å². The lowest BCUT2D eigenvalue weighted by molar-refractivity contribution is 0.0938. The average molecular weight is 277 g/mol. The molecule has 1 N–H and O–H groups in total. The van der Waals surface area contributed by atoms with Crippen LogP contribution in [0, 0.1) is 6.92 Å². The molecular formula is C13H19N5O2. The summed E-state index contributed by atoms with van der Waals surface area (Å²) in [4.78, 5) is 12.0. The molecule has 0 saturated heterocycles. The number of aromatic nitrogens is 4. The molecule has 7 nitrogen and oxygen atoms in total. The van der Waals surface area contributed by atoms with Crippen molar-refractivity contribution >= 4 is 5.91 Å². The van der Waals surface area contributed by atoms with Crippen LogP contribution in [0.2, 0.25) is 0 Å². The van der Waals surface area contributed by atoms with Crippen LogP contribution < -0.4 is 5.32 Å². The van der Waals surface area contributed by atoms with Gasteiger partial charge in [0.1, 0.15) is 12.4 Å². The van der Waals surface area contributed by atoms with E-state index in [0.29, 0.717) is 19.0 Å². The van der Waals surface area contributed by atoms with E-state index in [9.17, 15) is 4.79 Å². The highest BCUT2D eigenvalue weighted by Gasteiger charge is 2.11. The molecule has 0 atom stereocenters. The minimum absolute atomic E-state index is 0.205. The Hall–Kier alpha value is -2.15. The number of nitrogens with zero attached hydrogens (tertiary/aromatic N) is 4. The number of nitrogens with one attached hydrogen (secondary N) is 1. The first-order valence-electron chi connectivity index (χ1n) is 6.47. The van der Waals surface area contributed by atoms with Gasteiger partial charge in [-0.15, -0.1) is 0 Å². The number of carbonyl (C=O) groups excluding carboxylic acids is 1. The lowest BCUT2D eigenvalue weighted by Gasteiger charge is -2.02. The minimum atomic E-state index is -0.205. The molecule has 0 bridgehead atoms. The Labute approximate surface area is 117 Å². The Morgan fingerprint density at radius 2 is 2.20 bits per heavy atom. The van der Waals surface area contributed by atoms with Gasteiger partial charge in [-0.3, -0.25) is 9.48 Å². The highest BCUT2D eigenvalue weighted by molar-refractivity contribution is 5.92. The maximum Gasteiger partial charge on any atom is 0.272 e. The molecule has 0 unspecified atom stereocenters. The third kappa shape index (κ3) is 3.24. The first-order chi connectivity index (χ1) is 9.63. The van der Waals surface area contributed by atoms with Crippen LogP contribution in [0.25, 0.3) is 0 Å². The third-order valence-corrected chi connectivity index (χ3v) is 2.95. The van der Waals surface area contributed by atoms with Crippen LogP contribution in [0.1, 0.15) is 28.7 Å². The van der Waals surface area contributed by atoms with Crippen molar-refractivity contribution in [2.75, 3.05) is 7.11 Å². The molecule has 0 aliphatic heterocycles. The molecule has 0 aliphatic rings. The molecule has 7 heteroatoms. The van der Waals surface area contributed by atoms with Crippen molar-refractivity contribution in [2.24, 2.45) is 0 Å². The molecule has 2 aromatic heterocycles. The normalized spacial score (nSPS) is 10.8. The summed E-state index contributed by atoms with van der Waals surface area (Å²) in [6, 6.07) is 1.66. The molecule has 2 heterocycles. The number of rotatable bonds is 6. The monoisotopic (exact) mass is 277 g/mol. The molecule has 2 rings (SSSR count). The van der Waals surface area contributed by atoms with E-state index < -0.39 is 0 Å². The predicted molar refractivity (Wildman–Crippen MR) is 73.0 cm³/mol. The molecule has 0 fully saturated rings. The highest BCUT2D eigenvalue weighted by atomic mass is 16.5. The van der Waals surface area contributed by atoms with E-state index in [1.54, 1.807) is 24.1 Å². The number of methoxy groups -OCH3 is 1. The first kappa shape index (κ1) is 14.3. The smallest absolute Gasteiger partial charge is 0.272 e. The van der Waals surface area contributed by atoms with Gasteiger partial charge in [0.05, 0.1) is 5.69 Å². The summed E-state index contributed by atoms with van der Waals surface area (Å²) in [6.45, 7) is 5.55. The summed E-state index contributed by atoms with van der Waals surface area (Å²) < 4.78 is 8.35. The van der Waals surface area contributed by atoms with E-state index in [1.165, 1.54) is 0 Å². The Kier molecular flexibility index (Phi) is 4.52. The number of ether oxygens (including phenoxy) is 1. The lowest BCUT2D eigenvalue weighted by atomic mass is 10.2. The molecule has 2 aromatic rings. The van der Waals surface area contributed by atoms with Gasteiger partial charge in [0, 0.05) is 38.2 Å². The standard InChI is InChI=1S/C13H19N5O2/c1-4-17-8-11(10(2)15-17)7-14-13(19)12-5-6-18(16-12)9-20-3/h5-6,8H,4,7,9H2,1-3H3,(H,14,19). The summed E-state index contributed by atoms with van der Waals surface area (Å²) in [7, 11) is 1.58. The molecule has 108 valence electrons. The number of aryl methyl sites for hydroxylation is 2. The van der Waals surface area contributed by atoms with Crippen LogP contribution in [-0.2, 0) is 24.6 Å². The Balaban J connectivity index is 1.95. The van der Waals surface area contributed by atoms with Crippen molar-refractivity contribution in [2.45, 2.75) is 33.7 Å². The SMILES string of the molecule is CCn1cc(CNC(=O)c2ccn(COC)n2)c(C)n1. The fourth-order valence-corrected chi connectivity index (χ4v) is 1.85. The quantitative estimate of drug-likeness (QED) is 0.853. The number of carbonyl (C=O) groups is 1. The fraction of sp³-hybridized carbons (Fsp3) is 0.462. The van der Waals surface area contributed by atoms with Gasteiger partial charge in [0.25, 0.3) is 5.91 Å².